The number of carbonyl (C=O) groups is 2. The normalized spacial score (nSPS) is 28.9. The highest BCUT2D eigenvalue weighted by Gasteiger charge is 2.47. The van der Waals surface area contributed by atoms with Crippen LogP contribution in [0.5, 0.6) is 0 Å². The first kappa shape index (κ1) is 14.9. The van der Waals surface area contributed by atoms with Gasteiger partial charge < -0.3 is 20.9 Å². The predicted octanol–water partition coefficient (Wildman–Crippen LogP) is -0.0327. The fourth-order valence-corrected chi connectivity index (χ4v) is 1.95. The molecule has 1 aliphatic heterocycles. The predicted molar refractivity (Wildman–Crippen MR) is 65.9 cm³/mol. The molecule has 104 valence electrons. The Hall–Kier alpha value is -1.14. The molecule has 1 heterocycles. The molecule has 1 aliphatic rings. The number of amides is 1. The number of nitrogens with one attached hydrogen (secondary N) is 1. The Labute approximate surface area is 107 Å². The second-order valence-electron chi connectivity index (χ2n) is 5.13. The fourth-order valence-electron chi connectivity index (χ4n) is 1.95. The second-order valence-corrected chi connectivity index (χ2v) is 5.13. The first-order chi connectivity index (χ1) is 8.41. The summed E-state index contributed by atoms with van der Waals surface area (Å²) >= 11 is 0. The molecule has 3 unspecified atom stereocenters. The van der Waals surface area contributed by atoms with Crippen LogP contribution in [0.3, 0.4) is 0 Å². The molecule has 0 aromatic heterocycles. The lowest BCUT2D eigenvalue weighted by Gasteiger charge is -2.26. The maximum absolute atomic E-state index is 11.9. The van der Waals surface area contributed by atoms with E-state index in [9.17, 15) is 14.7 Å². The summed E-state index contributed by atoms with van der Waals surface area (Å²) in [5, 5.41) is 12.0. The molecular weight excluding hydrogens is 236 g/mol. The molecule has 0 aliphatic carbocycles. The SMILES string of the molecule is CC(CCCN)C(=O)NC1COCC1(C)C(=O)O. The highest BCUT2D eigenvalue weighted by molar-refractivity contribution is 5.81. The summed E-state index contributed by atoms with van der Waals surface area (Å²) < 4.78 is 5.18. The minimum atomic E-state index is -1.04. The third-order valence-electron chi connectivity index (χ3n) is 3.55. The van der Waals surface area contributed by atoms with Crippen molar-refractivity contribution in [2.45, 2.75) is 32.7 Å². The van der Waals surface area contributed by atoms with E-state index < -0.39 is 17.4 Å². The third kappa shape index (κ3) is 3.20. The van der Waals surface area contributed by atoms with E-state index in [1.54, 1.807) is 6.92 Å². The number of ether oxygens (including phenoxy) is 1. The van der Waals surface area contributed by atoms with Crippen molar-refractivity contribution in [2.75, 3.05) is 19.8 Å². The molecule has 1 saturated heterocycles. The maximum atomic E-state index is 11.9. The van der Waals surface area contributed by atoms with Crippen molar-refractivity contribution in [3.63, 3.8) is 0 Å². The van der Waals surface area contributed by atoms with Crippen LogP contribution >= 0.6 is 0 Å². The standard InChI is InChI=1S/C12H22N2O4/c1-8(4-3-5-13)10(15)14-9-6-18-7-12(9,2)11(16)17/h8-9H,3-7,13H2,1-2H3,(H,14,15)(H,16,17). The van der Waals surface area contributed by atoms with E-state index >= 15 is 0 Å². The van der Waals surface area contributed by atoms with Crippen LogP contribution in [0, 0.1) is 11.3 Å². The van der Waals surface area contributed by atoms with Gasteiger partial charge in [-0.25, -0.2) is 0 Å². The summed E-state index contributed by atoms with van der Waals surface area (Å²) in [5.41, 5.74) is 4.36. The van der Waals surface area contributed by atoms with Crippen LogP contribution < -0.4 is 11.1 Å². The first-order valence-electron chi connectivity index (χ1n) is 6.23. The fraction of sp³-hybridized carbons (Fsp3) is 0.833. The highest BCUT2D eigenvalue weighted by Crippen LogP contribution is 2.29. The molecule has 4 N–H and O–H groups in total. The van der Waals surface area contributed by atoms with Gasteiger partial charge in [-0.2, -0.15) is 0 Å². The van der Waals surface area contributed by atoms with Crippen molar-refractivity contribution in [1.82, 2.24) is 5.32 Å². The average molecular weight is 258 g/mol. The number of aliphatic carboxylic acids is 1. The Bertz CT molecular complexity index is 321. The Morgan fingerprint density at radius 2 is 2.28 bits per heavy atom. The van der Waals surface area contributed by atoms with Gasteiger partial charge >= 0.3 is 5.97 Å². The summed E-state index contributed by atoms with van der Waals surface area (Å²) in [6.07, 6.45) is 1.49. The van der Waals surface area contributed by atoms with E-state index in [0.29, 0.717) is 13.0 Å². The number of carbonyl (C=O) groups excluding carboxylic acids is 1. The van der Waals surface area contributed by atoms with Crippen molar-refractivity contribution in [3.05, 3.63) is 0 Å². The first-order valence-corrected chi connectivity index (χ1v) is 6.23. The van der Waals surface area contributed by atoms with Crippen LogP contribution in [-0.2, 0) is 14.3 Å². The summed E-state index contributed by atoms with van der Waals surface area (Å²) in [6, 6.07) is -0.470. The zero-order valence-corrected chi connectivity index (χ0v) is 10.9. The van der Waals surface area contributed by atoms with Gasteiger partial charge in [0, 0.05) is 5.92 Å². The van der Waals surface area contributed by atoms with Crippen molar-refractivity contribution in [3.8, 4) is 0 Å². The number of carboxylic acid groups (broad SMARTS) is 1. The third-order valence-corrected chi connectivity index (χ3v) is 3.55. The molecular formula is C12H22N2O4. The van der Waals surface area contributed by atoms with Gasteiger partial charge in [-0.1, -0.05) is 6.92 Å². The second kappa shape index (κ2) is 6.15. The molecule has 0 radical (unpaired) electrons. The molecule has 0 bridgehead atoms. The lowest BCUT2D eigenvalue weighted by Crippen LogP contribution is -2.50. The van der Waals surface area contributed by atoms with Crippen LogP contribution in [0.25, 0.3) is 0 Å². The van der Waals surface area contributed by atoms with Crippen molar-refractivity contribution >= 4 is 11.9 Å². The van der Waals surface area contributed by atoms with E-state index in [2.05, 4.69) is 5.32 Å². The van der Waals surface area contributed by atoms with Gasteiger partial charge in [0.15, 0.2) is 0 Å². The van der Waals surface area contributed by atoms with E-state index in [1.807, 2.05) is 6.92 Å². The van der Waals surface area contributed by atoms with Crippen molar-refractivity contribution in [1.29, 1.82) is 0 Å². The summed E-state index contributed by atoms with van der Waals surface area (Å²) in [5.74, 6) is -1.24. The summed E-state index contributed by atoms with van der Waals surface area (Å²) in [4.78, 5) is 23.1. The topological polar surface area (TPSA) is 102 Å². The zero-order chi connectivity index (χ0) is 13.8. The van der Waals surface area contributed by atoms with E-state index in [0.717, 1.165) is 6.42 Å². The van der Waals surface area contributed by atoms with Gasteiger partial charge in [-0.05, 0) is 26.3 Å². The van der Waals surface area contributed by atoms with Crippen LogP contribution in [-0.4, -0.2) is 42.8 Å². The Morgan fingerprint density at radius 3 is 2.83 bits per heavy atom. The largest absolute Gasteiger partial charge is 0.481 e. The Balaban J connectivity index is 2.56. The van der Waals surface area contributed by atoms with Crippen LogP contribution in [0.2, 0.25) is 0 Å². The van der Waals surface area contributed by atoms with Gasteiger partial charge in [-0.15, -0.1) is 0 Å². The minimum Gasteiger partial charge on any atom is -0.481 e. The number of carboxylic acids is 1. The van der Waals surface area contributed by atoms with Crippen LogP contribution in [0.15, 0.2) is 0 Å². The molecule has 0 saturated carbocycles. The van der Waals surface area contributed by atoms with Crippen LogP contribution in [0.1, 0.15) is 26.7 Å². The average Bonchev–Trinajstić information content (AvgIpc) is 2.69. The Kier molecular flexibility index (Phi) is 5.10. The van der Waals surface area contributed by atoms with Gasteiger partial charge in [0.25, 0.3) is 0 Å². The van der Waals surface area contributed by atoms with Gasteiger partial charge in [0.05, 0.1) is 19.3 Å². The molecule has 18 heavy (non-hydrogen) atoms. The number of nitrogens with two attached hydrogens (primary N) is 1. The molecule has 0 aromatic carbocycles. The molecule has 1 fully saturated rings. The number of rotatable bonds is 6. The van der Waals surface area contributed by atoms with Crippen molar-refractivity contribution < 1.29 is 19.4 Å². The number of hydrogen-bond donors (Lipinski definition) is 3. The maximum Gasteiger partial charge on any atom is 0.313 e. The summed E-state index contributed by atoms with van der Waals surface area (Å²) in [6.45, 7) is 4.34. The molecule has 1 rings (SSSR count). The Morgan fingerprint density at radius 1 is 1.61 bits per heavy atom. The summed E-state index contributed by atoms with van der Waals surface area (Å²) in [7, 11) is 0. The minimum absolute atomic E-state index is 0.129. The lowest BCUT2D eigenvalue weighted by atomic mass is 9.85. The van der Waals surface area contributed by atoms with Crippen molar-refractivity contribution in [2.24, 2.45) is 17.1 Å². The highest BCUT2D eigenvalue weighted by atomic mass is 16.5. The van der Waals surface area contributed by atoms with E-state index in [1.165, 1.54) is 0 Å². The smallest absolute Gasteiger partial charge is 0.313 e. The lowest BCUT2D eigenvalue weighted by molar-refractivity contribution is -0.149. The quantitative estimate of drug-likeness (QED) is 0.621. The molecule has 0 spiro atoms. The molecule has 0 aromatic rings. The van der Waals surface area contributed by atoms with Gasteiger partial charge in [-0.3, -0.25) is 9.59 Å². The van der Waals surface area contributed by atoms with E-state index in [4.69, 9.17) is 10.5 Å². The van der Waals surface area contributed by atoms with Crippen LogP contribution in [0.4, 0.5) is 0 Å². The van der Waals surface area contributed by atoms with Gasteiger partial charge in [0.2, 0.25) is 5.91 Å². The molecule has 6 heteroatoms. The number of hydrogen-bond acceptors (Lipinski definition) is 4. The monoisotopic (exact) mass is 258 g/mol. The molecule has 6 nitrogen and oxygen atoms in total. The zero-order valence-electron chi connectivity index (χ0n) is 10.9. The van der Waals surface area contributed by atoms with Gasteiger partial charge in [0.1, 0.15) is 5.41 Å². The van der Waals surface area contributed by atoms with E-state index in [-0.39, 0.29) is 25.0 Å². The molecule has 1 amide bonds. The molecule has 3 atom stereocenters.